The molecule has 26 heavy (non-hydrogen) atoms. The summed E-state index contributed by atoms with van der Waals surface area (Å²) in [5.74, 6) is 5.13. The van der Waals surface area contributed by atoms with E-state index in [4.69, 9.17) is 4.74 Å². The molecule has 0 aliphatic heterocycles. The summed E-state index contributed by atoms with van der Waals surface area (Å²) in [4.78, 5) is 0. The molecule has 0 N–H and O–H groups in total. The highest BCUT2D eigenvalue weighted by Crippen LogP contribution is 2.45. The summed E-state index contributed by atoms with van der Waals surface area (Å²) in [6.07, 6.45) is 24.6. The first kappa shape index (κ1) is 20.2. The molecule has 1 nitrogen and oxygen atoms in total. The van der Waals surface area contributed by atoms with Crippen molar-refractivity contribution in [3.05, 3.63) is 25.3 Å². The van der Waals surface area contributed by atoms with E-state index in [0.717, 1.165) is 36.2 Å². The molecule has 0 aromatic rings. The number of rotatable bonds is 8. The Balaban J connectivity index is 1.33. The summed E-state index contributed by atoms with van der Waals surface area (Å²) in [5, 5.41) is 0. The maximum atomic E-state index is 5.87. The minimum atomic E-state index is 0.511. The van der Waals surface area contributed by atoms with Gasteiger partial charge in [-0.25, -0.2) is 0 Å². The van der Waals surface area contributed by atoms with Gasteiger partial charge in [0, 0.05) is 0 Å². The molecule has 0 spiro atoms. The minimum Gasteiger partial charge on any atom is -0.374 e. The van der Waals surface area contributed by atoms with Gasteiger partial charge in [0.2, 0.25) is 0 Å². The molecule has 0 bridgehead atoms. The lowest BCUT2D eigenvalue weighted by Gasteiger charge is -2.41. The van der Waals surface area contributed by atoms with Gasteiger partial charge in [-0.1, -0.05) is 25.0 Å². The van der Waals surface area contributed by atoms with E-state index in [-0.39, 0.29) is 0 Å². The van der Waals surface area contributed by atoms with Gasteiger partial charge in [-0.2, -0.15) is 0 Å². The SMILES string of the molecule is C=CCCC1CCC(C2CCC(C3CCC(OCC=C)CC3)CC2)CC1. The van der Waals surface area contributed by atoms with Gasteiger partial charge in [-0.3, -0.25) is 0 Å². The predicted octanol–water partition coefficient (Wildman–Crippen LogP) is 7.33. The number of hydrogen-bond donors (Lipinski definition) is 0. The molecule has 0 atom stereocenters. The van der Waals surface area contributed by atoms with Crippen molar-refractivity contribution in [2.24, 2.45) is 29.6 Å². The van der Waals surface area contributed by atoms with E-state index in [1.807, 2.05) is 6.08 Å². The molecule has 0 heterocycles. The molecule has 0 amide bonds. The highest BCUT2D eigenvalue weighted by molar-refractivity contribution is 4.86. The van der Waals surface area contributed by atoms with Gasteiger partial charge in [0.05, 0.1) is 12.7 Å². The zero-order valence-corrected chi connectivity index (χ0v) is 17.0. The van der Waals surface area contributed by atoms with Crippen LogP contribution in [0.1, 0.15) is 89.9 Å². The molecule has 0 unspecified atom stereocenters. The van der Waals surface area contributed by atoms with Crippen LogP contribution >= 0.6 is 0 Å². The Labute approximate surface area is 162 Å². The Bertz CT molecular complexity index is 364. The lowest BCUT2D eigenvalue weighted by atomic mass is 9.65. The average molecular weight is 359 g/mol. The molecular formula is C25H42O. The predicted molar refractivity (Wildman–Crippen MR) is 112 cm³/mol. The van der Waals surface area contributed by atoms with Gasteiger partial charge in [-0.15, -0.1) is 13.2 Å². The lowest BCUT2D eigenvalue weighted by Crippen LogP contribution is -2.31. The van der Waals surface area contributed by atoms with Gasteiger partial charge in [0.15, 0.2) is 0 Å². The normalized spacial score (nSPS) is 38.6. The molecule has 0 aromatic carbocycles. The van der Waals surface area contributed by atoms with Crippen LogP contribution in [0.25, 0.3) is 0 Å². The van der Waals surface area contributed by atoms with Crippen molar-refractivity contribution >= 4 is 0 Å². The van der Waals surface area contributed by atoms with Crippen LogP contribution in [0.3, 0.4) is 0 Å². The van der Waals surface area contributed by atoms with E-state index in [0.29, 0.717) is 6.10 Å². The van der Waals surface area contributed by atoms with Crippen LogP contribution in [0.15, 0.2) is 25.3 Å². The smallest absolute Gasteiger partial charge is 0.0648 e. The second kappa shape index (κ2) is 10.7. The van der Waals surface area contributed by atoms with Crippen molar-refractivity contribution in [2.75, 3.05) is 6.61 Å². The van der Waals surface area contributed by atoms with Gasteiger partial charge >= 0.3 is 0 Å². The molecule has 3 aliphatic rings. The van der Waals surface area contributed by atoms with Crippen LogP contribution in [0.5, 0.6) is 0 Å². The van der Waals surface area contributed by atoms with E-state index in [2.05, 4.69) is 19.2 Å². The maximum Gasteiger partial charge on any atom is 0.0648 e. The average Bonchev–Trinajstić information content (AvgIpc) is 2.72. The highest BCUT2D eigenvalue weighted by Gasteiger charge is 2.34. The molecule has 3 fully saturated rings. The van der Waals surface area contributed by atoms with Crippen molar-refractivity contribution in [2.45, 2.75) is 96.0 Å². The first-order valence-electron chi connectivity index (χ1n) is 11.6. The van der Waals surface area contributed by atoms with Crippen molar-refractivity contribution in [3.63, 3.8) is 0 Å². The van der Waals surface area contributed by atoms with Gasteiger partial charge < -0.3 is 4.74 Å². The van der Waals surface area contributed by atoms with E-state index >= 15 is 0 Å². The Morgan fingerprint density at radius 3 is 1.54 bits per heavy atom. The molecule has 3 saturated carbocycles. The van der Waals surface area contributed by atoms with Crippen LogP contribution in [0, 0.1) is 29.6 Å². The monoisotopic (exact) mass is 358 g/mol. The summed E-state index contributed by atoms with van der Waals surface area (Å²) in [6.45, 7) is 8.38. The third-order valence-electron chi connectivity index (χ3n) is 7.99. The standard InChI is InChI=1S/C25H42O/c1-3-5-6-20-7-9-21(10-8-20)22-11-13-23(14-12-22)24-15-17-25(18-16-24)26-19-4-2/h3-4,20-25H,1-2,5-19H2. The zero-order chi connectivity index (χ0) is 18.2. The third-order valence-corrected chi connectivity index (χ3v) is 7.99. The second-order valence-electron chi connectivity index (χ2n) is 9.48. The highest BCUT2D eigenvalue weighted by atomic mass is 16.5. The fourth-order valence-electron chi connectivity index (χ4n) is 6.32. The summed E-state index contributed by atoms with van der Waals surface area (Å²) in [6, 6.07) is 0. The van der Waals surface area contributed by atoms with Crippen LogP contribution in [0.2, 0.25) is 0 Å². The van der Waals surface area contributed by atoms with Gasteiger partial charge in [-0.05, 0) is 107 Å². The largest absolute Gasteiger partial charge is 0.374 e. The van der Waals surface area contributed by atoms with E-state index < -0.39 is 0 Å². The number of hydrogen-bond acceptors (Lipinski definition) is 1. The van der Waals surface area contributed by atoms with Crippen LogP contribution in [-0.2, 0) is 4.74 Å². The summed E-state index contributed by atoms with van der Waals surface area (Å²) in [7, 11) is 0. The summed E-state index contributed by atoms with van der Waals surface area (Å²) < 4.78 is 5.87. The minimum absolute atomic E-state index is 0.511. The third kappa shape index (κ3) is 5.72. The van der Waals surface area contributed by atoms with Crippen LogP contribution in [0.4, 0.5) is 0 Å². The maximum absolute atomic E-state index is 5.87. The Hall–Kier alpha value is -0.560. The number of allylic oxidation sites excluding steroid dienone is 1. The van der Waals surface area contributed by atoms with Crippen molar-refractivity contribution in [1.82, 2.24) is 0 Å². The Kier molecular flexibility index (Phi) is 8.30. The first-order chi connectivity index (χ1) is 12.8. The second-order valence-corrected chi connectivity index (χ2v) is 9.48. The van der Waals surface area contributed by atoms with Gasteiger partial charge in [0.1, 0.15) is 0 Å². The fraction of sp³-hybridized carbons (Fsp3) is 0.840. The first-order valence-corrected chi connectivity index (χ1v) is 11.6. The topological polar surface area (TPSA) is 9.23 Å². The molecule has 3 rings (SSSR count). The van der Waals surface area contributed by atoms with E-state index in [1.165, 1.54) is 89.9 Å². The fourth-order valence-corrected chi connectivity index (χ4v) is 6.32. The van der Waals surface area contributed by atoms with Crippen molar-refractivity contribution in [1.29, 1.82) is 0 Å². The summed E-state index contributed by atoms with van der Waals surface area (Å²) >= 11 is 0. The van der Waals surface area contributed by atoms with Crippen molar-refractivity contribution < 1.29 is 4.74 Å². The van der Waals surface area contributed by atoms with E-state index in [1.54, 1.807) is 0 Å². The Morgan fingerprint density at radius 2 is 1.08 bits per heavy atom. The van der Waals surface area contributed by atoms with Crippen LogP contribution < -0.4 is 0 Å². The molecule has 0 saturated heterocycles. The molecular weight excluding hydrogens is 316 g/mol. The van der Waals surface area contributed by atoms with Gasteiger partial charge in [0.25, 0.3) is 0 Å². The van der Waals surface area contributed by atoms with E-state index in [9.17, 15) is 0 Å². The molecule has 148 valence electrons. The van der Waals surface area contributed by atoms with Crippen LogP contribution in [-0.4, -0.2) is 12.7 Å². The molecule has 0 radical (unpaired) electrons. The number of ether oxygens (including phenoxy) is 1. The molecule has 3 aliphatic carbocycles. The summed E-state index contributed by atoms with van der Waals surface area (Å²) in [5.41, 5.74) is 0. The Morgan fingerprint density at radius 1 is 0.615 bits per heavy atom. The quantitative estimate of drug-likeness (QED) is 0.413. The lowest BCUT2D eigenvalue weighted by molar-refractivity contribution is 0.0188. The molecule has 0 aromatic heterocycles. The zero-order valence-electron chi connectivity index (χ0n) is 17.0. The van der Waals surface area contributed by atoms with Crippen molar-refractivity contribution in [3.8, 4) is 0 Å². The molecule has 1 heteroatoms.